The molecule has 1 saturated carbocycles. The molecule has 0 unspecified atom stereocenters. The number of ether oxygens (including phenoxy) is 9. The Morgan fingerprint density at radius 2 is 1.50 bits per heavy atom. The third kappa shape index (κ3) is 7.70. The van der Waals surface area contributed by atoms with Crippen molar-refractivity contribution in [1.82, 2.24) is 0 Å². The molecule has 0 aromatic rings. The molecule has 11 aliphatic rings. The molecule has 2 N–H and O–H groups in total. The molecule has 1 spiro atoms. The molecule has 1 aliphatic carbocycles. The van der Waals surface area contributed by atoms with Gasteiger partial charge in [0.25, 0.3) is 0 Å². The number of hydrogen-bond acceptors (Lipinski definition) is 13. The predicted molar refractivity (Wildman–Crippen MR) is 205 cm³/mol. The minimum absolute atomic E-state index is 0.0198. The van der Waals surface area contributed by atoms with Crippen molar-refractivity contribution >= 4 is 11.8 Å². The van der Waals surface area contributed by atoms with Gasteiger partial charge in [-0.2, -0.15) is 0 Å². The predicted octanol–water partition coefficient (Wildman–Crippen LogP) is 4.41. The standard InChI is InChI=1S/C45H64O13/c1-21-13-28-7-9-32-22(2)14-30(51-32)11-12-45-19-37-40(57-45)41-42(56-37)43(58-45)39-33(55-41)10-8-29(53-39)15-26(46)16-31-24(4)34(54-36(31)18-35(52-28)23(21)3)17-27(47)20-50-44(49)38(48)25-5-6-25/h21,24-25,27-43,47-48H,2-3,5-20H2,1,4H3/t21-,24-,27+,28+,29-,30+,31-,32+,33+,34-,35-,36+,37-,38-,39+,40+,41+,42-,43+,45+/m1/s1. The summed E-state index contributed by atoms with van der Waals surface area (Å²) < 4.78 is 59.5. The number of esters is 1. The number of hydrogen-bond donors (Lipinski definition) is 2. The summed E-state index contributed by atoms with van der Waals surface area (Å²) in [5.74, 6) is -1.37. The Hall–Kier alpha value is -1.78. The van der Waals surface area contributed by atoms with Crippen molar-refractivity contribution in [1.29, 1.82) is 0 Å². The van der Waals surface area contributed by atoms with E-state index in [1.807, 2.05) is 0 Å². The molecule has 13 heteroatoms. The van der Waals surface area contributed by atoms with Gasteiger partial charge in [0.15, 0.2) is 11.9 Å². The second kappa shape index (κ2) is 15.8. The lowest BCUT2D eigenvalue weighted by Crippen LogP contribution is -2.61. The van der Waals surface area contributed by atoms with Gasteiger partial charge in [-0.25, -0.2) is 4.79 Å². The van der Waals surface area contributed by atoms with Gasteiger partial charge in [0.05, 0.1) is 61.0 Å². The third-order valence-corrected chi connectivity index (χ3v) is 15.6. The van der Waals surface area contributed by atoms with Crippen molar-refractivity contribution in [2.45, 2.75) is 214 Å². The molecule has 10 saturated heterocycles. The maximum Gasteiger partial charge on any atom is 0.335 e. The Morgan fingerprint density at radius 3 is 2.33 bits per heavy atom. The number of Topliss-reactive ketones (excluding diaryl/α,β-unsaturated/α-hetero) is 1. The largest absolute Gasteiger partial charge is 0.461 e. The highest BCUT2D eigenvalue weighted by Gasteiger charge is 2.68. The Labute approximate surface area is 341 Å². The molecule has 322 valence electrons. The second-order valence-electron chi connectivity index (χ2n) is 19.8. The van der Waals surface area contributed by atoms with Crippen molar-refractivity contribution in [3.63, 3.8) is 0 Å². The van der Waals surface area contributed by atoms with Gasteiger partial charge >= 0.3 is 5.97 Å². The molecule has 10 heterocycles. The van der Waals surface area contributed by atoms with Crippen molar-refractivity contribution in [2.75, 3.05) is 6.61 Å². The molecule has 11 rings (SSSR count). The van der Waals surface area contributed by atoms with E-state index in [2.05, 4.69) is 27.0 Å². The first-order chi connectivity index (χ1) is 27.9. The molecule has 10 aliphatic heterocycles. The molecule has 58 heavy (non-hydrogen) atoms. The fourth-order valence-electron chi connectivity index (χ4n) is 12.1. The van der Waals surface area contributed by atoms with Crippen LogP contribution in [0.15, 0.2) is 24.3 Å². The summed E-state index contributed by atoms with van der Waals surface area (Å²) in [5, 5.41) is 21.2. The average molecular weight is 813 g/mol. The summed E-state index contributed by atoms with van der Waals surface area (Å²) >= 11 is 0. The van der Waals surface area contributed by atoms with Crippen LogP contribution in [0.4, 0.5) is 0 Å². The van der Waals surface area contributed by atoms with E-state index < -0.39 is 24.0 Å². The van der Waals surface area contributed by atoms with E-state index >= 15 is 0 Å². The summed E-state index contributed by atoms with van der Waals surface area (Å²) in [6.45, 7) is 13.0. The Balaban J connectivity index is 0.881. The molecule has 0 amide bonds. The molecule has 12 bridgehead atoms. The minimum atomic E-state index is -1.15. The normalized spacial score (nSPS) is 49.9. The lowest BCUT2D eigenvalue weighted by molar-refractivity contribution is -0.292. The summed E-state index contributed by atoms with van der Waals surface area (Å²) in [4.78, 5) is 26.5. The SMILES string of the molecule is C=C1C[C@@H]2CC[C@@]34C[C@H]5O[C@H]6[C@@H](O3)[C@H]3O[C@H](CC[C@@H]3O[C@H]6[C@H]5O4)CC(=O)C[C@@H]3[C@@H](C)[C@@H](C[C@H](O)COC(=O)[C@H](O)C4CC4)O[C@H]3C[C@H]3O[C@@H](CC[C@@H]1O2)C[C@@H](C)C3=C. The number of aliphatic hydroxyl groups is 2. The van der Waals surface area contributed by atoms with Gasteiger partial charge in [0.1, 0.15) is 42.9 Å². The molecular weight excluding hydrogens is 748 g/mol. The number of carbonyl (C=O) groups is 2. The summed E-state index contributed by atoms with van der Waals surface area (Å²) in [7, 11) is 0. The van der Waals surface area contributed by atoms with Crippen LogP contribution in [0.3, 0.4) is 0 Å². The lowest BCUT2D eigenvalue weighted by atomic mass is 9.78. The smallest absolute Gasteiger partial charge is 0.335 e. The van der Waals surface area contributed by atoms with Crippen molar-refractivity contribution in [2.24, 2.45) is 23.7 Å². The van der Waals surface area contributed by atoms with Crippen LogP contribution in [-0.4, -0.2) is 132 Å². The number of carbonyl (C=O) groups excluding carboxylic acids is 2. The van der Waals surface area contributed by atoms with E-state index in [1.54, 1.807) is 0 Å². The number of ketones is 1. The summed E-state index contributed by atoms with van der Waals surface area (Å²) in [6.07, 6.45) is 5.02. The zero-order valence-corrected chi connectivity index (χ0v) is 34.2. The highest BCUT2D eigenvalue weighted by molar-refractivity contribution is 5.79. The van der Waals surface area contributed by atoms with Crippen LogP contribution in [0.2, 0.25) is 0 Å². The van der Waals surface area contributed by atoms with Gasteiger partial charge in [-0.05, 0) is 92.6 Å². The Morgan fingerprint density at radius 1 is 0.759 bits per heavy atom. The monoisotopic (exact) mass is 812 g/mol. The highest BCUT2D eigenvalue weighted by Crippen LogP contribution is 2.54. The summed E-state index contributed by atoms with van der Waals surface area (Å²) in [6, 6.07) is 0. The van der Waals surface area contributed by atoms with E-state index in [-0.39, 0.29) is 134 Å². The minimum Gasteiger partial charge on any atom is -0.461 e. The van der Waals surface area contributed by atoms with Crippen LogP contribution >= 0.6 is 0 Å². The second-order valence-corrected chi connectivity index (χ2v) is 19.8. The van der Waals surface area contributed by atoms with Crippen molar-refractivity contribution < 1.29 is 62.4 Å². The first kappa shape index (κ1) is 40.3. The number of fused-ring (bicyclic) bond motifs is 6. The van der Waals surface area contributed by atoms with E-state index in [4.69, 9.17) is 42.6 Å². The van der Waals surface area contributed by atoms with E-state index in [0.717, 1.165) is 62.5 Å². The number of aliphatic hydroxyl groups excluding tert-OH is 2. The third-order valence-electron chi connectivity index (χ3n) is 15.6. The molecule has 20 atom stereocenters. The topological polar surface area (TPSA) is 158 Å². The van der Waals surface area contributed by atoms with E-state index in [1.165, 1.54) is 0 Å². The van der Waals surface area contributed by atoms with Crippen LogP contribution < -0.4 is 0 Å². The average Bonchev–Trinajstić information content (AvgIpc) is 3.76. The number of rotatable bonds is 6. The molecular formula is C45H64O13. The zero-order chi connectivity index (χ0) is 40.0. The Kier molecular flexibility index (Phi) is 11.0. The first-order valence-electron chi connectivity index (χ1n) is 22.6. The van der Waals surface area contributed by atoms with E-state index in [0.29, 0.717) is 32.1 Å². The fourth-order valence-corrected chi connectivity index (χ4v) is 12.1. The molecule has 11 fully saturated rings. The van der Waals surface area contributed by atoms with E-state index in [9.17, 15) is 19.8 Å². The zero-order valence-electron chi connectivity index (χ0n) is 34.2. The van der Waals surface area contributed by atoms with Crippen LogP contribution in [0.5, 0.6) is 0 Å². The quantitative estimate of drug-likeness (QED) is 0.288. The fraction of sp³-hybridized carbons (Fsp3) is 0.867. The van der Waals surface area contributed by atoms with Gasteiger partial charge in [0, 0.05) is 38.5 Å². The maximum atomic E-state index is 14.2. The van der Waals surface area contributed by atoms with Gasteiger partial charge in [-0.15, -0.1) is 0 Å². The molecule has 0 aromatic carbocycles. The maximum absolute atomic E-state index is 14.2. The summed E-state index contributed by atoms with van der Waals surface area (Å²) in [5.41, 5.74) is 2.17. The molecule has 0 aromatic heterocycles. The van der Waals surface area contributed by atoms with Crippen molar-refractivity contribution in [3.05, 3.63) is 24.3 Å². The first-order valence-corrected chi connectivity index (χ1v) is 22.6. The van der Waals surface area contributed by atoms with Gasteiger partial charge in [-0.3, -0.25) is 4.79 Å². The van der Waals surface area contributed by atoms with Gasteiger partial charge < -0.3 is 52.8 Å². The van der Waals surface area contributed by atoms with Gasteiger partial charge in [-0.1, -0.05) is 27.0 Å². The highest BCUT2D eigenvalue weighted by atomic mass is 16.8. The molecule has 0 radical (unpaired) electrons. The van der Waals surface area contributed by atoms with Crippen molar-refractivity contribution in [3.8, 4) is 0 Å². The Bertz CT molecular complexity index is 1600. The van der Waals surface area contributed by atoms with Gasteiger partial charge in [0.2, 0.25) is 0 Å². The van der Waals surface area contributed by atoms with Crippen LogP contribution in [-0.2, 0) is 52.2 Å². The molecule has 13 nitrogen and oxygen atoms in total. The van der Waals surface area contributed by atoms with Crippen LogP contribution in [0, 0.1) is 23.7 Å². The van der Waals surface area contributed by atoms with Crippen LogP contribution in [0.25, 0.3) is 0 Å². The van der Waals surface area contributed by atoms with Crippen LogP contribution in [0.1, 0.15) is 110 Å². The lowest BCUT2D eigenvalue weighted by Gasteiger charge is -2.47.